The van der Waals surface area contributed by atoms with Crippen LogP contribution in [0.5, 0.6) is 17.2 Å². The highest BCUT2D eigenvalue weighted by atomic mass is 16.5. The van der Waals surface area contributed by atoms with Crippen molar-refractivity contribution in [1.29, 1.82) is 0 Å². The summed E-state index contributed by atoms with van der Waals surface area (Å²) >= 11 is 0. The topological polar surface area (TPSA) is 44.8 Å². The molecule has 0 aromatic heterocycles. The average Bonchev–Trinajstić information content (AvgIpc) is 2.55. The zero-order valence-corrected chi connectivity index (χ0v) is 12.9. The number of benzene rings is 2. The molecular weight excluding hydrogens is 280 g/mol. The SMILES string of the molecule is COc1cccc(OCCCOc2ccccc2C(C)=O)c1. The van der Waals surface area contributed by atoms with E-state index in [9.17, 15) is 4.79 Å². The smallest absolute Gasteiger partial charge is 0.163 e. The Kier molecular flexibility index (Phi) is 5.83. The van der Waals surface area contributed by atoms with E-state index < -0.39 is 0 Å². The van der Waals surface area contributed by atoms with Gasteiger partial charge in [0.1, 0.15) is 17.2 Å². The van der Waals surface area contributed by atoms with Crippen LogP contribution in [0.2, 0.25) is 0 Å². The molecule has 116 valence electrons. The highest BCUT2D eigenvalue weighted by molar-refractivity contribution is 5.96. The minimum atomic E-state index is 0.00299. The third kappa shape index (κ3) is 4.52. The lowest BCUT2D eigenvalue weighted by atomic mass is 10.1. The van der Waals surface area contributed by atoms with Gasteiger partial charge in [0.2, 0.25) is 0 Å². The molecule has 2 aromatic carbocycles. The van der Waals surface area contributed by atoms with Gasteiger partial charge in [0.05, 0.1) is 25.9 Å². The summed E-state index contributed by atoms with van der Waals surface area (Å²) in [4.78, 5) is 11.5. The molecule has 2 aromatic rings. The van der Waals surface area contributed by atoms with Crippen LogP contribution in [0.4, 0.5) is 0 Å². The number of rotatable bonds is 8. The predicted octanol–water partition coefficient (Wildman–Crippen LogP) is 3.75. The Morgan fingerprint density at radius 1 is 0.955 bits per heavy atom. The van der Waals surface area contributed by atoms with E-state index in [4.69, 9.17) is 14.2 Å². The van der Waals surface area contributed by atoms with Crippen LogP contribution in [-0.2, 0) is 0 Å². The van der Waals surface area contributed by atoms with Crippen LogP contribution in [0.1, 0.15) is 23.7 Å². The van der Waals surface area contributed by atoms with E-state index in [-0.39, 0.29) is 5.78 Å². The number of ketones is 1. The molecule has 22 heavy (non-hydrogen) atoms. The van der Waals surface area contributed by atoms with Crippen molar-refractivity contribution in [3.63, 3.8) is 0 Å². The van der Waals surface area contributed by atoms with E-state index in [0.717, 1.165) is 17.9 Å². The third-order valence-electron chi connectivity index (χ3n) is 3.12. The second-order valence-corrected chi connectivity index (χ2v) is 4.78. The molecule has 0 saturated heterocycles. The number of carbonyl (C=O) groups is 1. The number of carbonyl (C=O) groups excluding carboxylic acids is 1. The third-order valence-corrected chi connectivity index (χ3v) is 3.12. The van der Waals surface area contributed by atoms with Crippen LogP contribution in [0.3, 0.4) is 0 Å². The predicted molar refractivity (Wildman–Crippen MR) is 85.0 cm³/mol. The summed E-state index contributed by atoms with van der Waals surface area (Å²) in [7, 11) is 1.62. The van der Waals surface area contributed by atoms with E-state index in [0.29, 0.717) is 24.5 Å². The molecule has 0 saturated carbocycles. The lowest BCUT2D eigenvalue weighted by Crippen LogP contribution is -2.07. The van der Waals surface area contributed by atoms with E-state index in [1.807, 2.05) is 36.4 Å². The van der Waals surface area contributed by atoms with Gasteiger partial charge in [-0.25, -0.2) is 0 Å². The first kappa shape index (κ1) is 15.9. The maximum Gasteiger partial charge on any atom is 0.163 e. The first-order valence-electron chi connectivity index (χ1n) is 7.20. The first-order valence-corrected chi connectivity index (χ1v) is 7.20. The highest BCUT2D eigenvalue weighted by Crippen LogP contribution is 2.20. The fourth-order valence-electron chi connectivity index (χ4n) is 2.01. The van der Waals surface area contributed by atoms with Gasteiger partial charge in [0, 0.05) is 12.5 Å². The van der Waals surface area contributed by atoms with Crippen LogP contribution in [-0.4, -0.2) is 26.1 Å². The Bertz CT molecular complexity index is 622. The molecule has 4 heteroatoms. The van der Waals surface area contributed by atoms with Crippen molar-refractivity contribution in [2.45, 2.75) is 13.3 Å². The van der Waals surface area contributed by atoms with Crippen molar-refractivity contribution in [2.24, 2.45) is 0 Å². The number of hydrogen-bond donors (Lipinski definition) is 0. The van der Waals surface area contributed by atoms with Crippen LogP contribution in [0, 0.1) is 0 Å². The summed E-state index contributed by atoms with van der Waals surface area (Å²) in [6.07, 6.45) is 0.726. The summed E-state index contributed by atoms with van der Waals surface area (Å²) in [5.74, 6) is 2.16. The molecule has 0 unspecified atom stereocenters. The molecule has 0 heterocycles. The molecule has 0 fully saturated rings. The summed E-state index contributed by atoms with van der Waals surface area (Å²) in [6, 6.07) is 14.7. The van der Waals surface area contributed by atoms with Gasteiger partial charge in [0.25, 0.3) is 0 Å². The van der Waals surface area contributed by atoms with Crippen molar-refractivity contribution in [3.05, 3.63) is 54.1 Å². The molecule has 0 bridgehead atoms. The van der Waals surface area contributed by atoms with Crippen molar-refractivity contribution >= 4 is 5.78 Å². The first-order chi connectivity index (χ1) is 10.7. The van der Waals surface area contributed by atoms with Gasteiger partial charge >= 0.3 is 0 Å². The zero-order valence-electron chi connectivity index (χ0n) is 12.9. The van der Waals surface area contributed by atoms with Gasteiger partial charge in [-0.05, 0) is 31.2 Å². The van der Waals surface area contributed by atoms with Crippen molar-refractivity contribution in [2.75, 3.05) is 20.3 Å². The molecule has 0 radical (unpaired) electrons. The van der Waals surface area contributed by atoms with Crippen LogP contribution < -0.4 is 14.2 Å². The molecule has 0 N–H and O–H groups in total. The average molecular weight is 300 g/mol. The Balaban J connectivity index is 1.77. The maximum absolute atomic E-state index is 11.5. The molecule has 2 rings (SSSR count). The minimum Gasteiger partial charge on any atom is -0.497 e. The van der Waals surface area contributed by atoms with Crippen molar-refractivity contribution in [3.8, 4) is 17.2 Å². The quantitative estimate of drug-likeness (QED) is 0.550. The second kappa shape index (κ2) is 8.08. The monoisotopic (exact) mass is 300 g/mol. The van der Waals surface area contributed by atoms with Gasteiger partial charge in [0.15, 0.2) is 5.78 Å². The van der Waals surface area contributed by atoms with Gasteiger partial charge in [-0.3, -0.25) is 4.79 Å². The Morgan fingerprint density at radius 3 is 2.45 bits per heavy atom. The van der Waals surface area contributed by atoms with Gasteiger partial charge in [-0.15, -0.1) is 0 Å². The molecule has 4 nitrogen and oxygen atoms in total. The standard InChI is InChI=1S/C18H20O4/c1-14(19)17-9-3-4-10-18(17)22-12-6-11-21-16-8-5-7-15(13-16)20-2/h3-5,7-10,13H,6,11-12H2,1-2H3. The van der Waals surface area contributed by atoms with Crippen LogP contribution in [0.25, 0.3) is 0 Å². The highest BCUT2D eigenvalue weighted by Gasteiger charge is 2.06. The lowest BCUT2D eigenvalue weighted by Gasteiger charge is -2.10. The van der Waals surface area contributed by atoms with Crippen LogP contribution >= 0.6 is 0 Å². The van der Waals surface area contributed by atoms with Crippen LogP contribution in [0.15, 0.2) is 48.5 Å². The van der Waals surface area contributed by atoms with E-state index in [1.165, 1.54) is 6.92 Å². The molecule has 0 aliphatic rings. The Hall–Kier alpha value is -2.49. The molecular formula is C18H20O4. The Labute approximate surface area is 130 Å². The summed E-state index contributed by atoms with van der Waals surface area (Å²) in [5, 5.41) is 0. The molecule has 0 atom stereocenters. The fourth-order valence-corrected chi connectivity index (χ4v) is 2.01. The van der Waals surface area contributed by atoms with Gasteiger partial charge < -0.3 is 14.2 Å². The number of hydrogen-bond acceptors (Lipinski definition) is 4. The second-order valence-electron chi connectivity index (χ2n) is 4.78. The van der Waals surface area contributed by atoms with Gasteiger partial charge in [-0.1, -0.05) is 18.2 Å². The number of methoxy groups -OCH3 is 1. The zero-order chi connectivity index (χ0) is 15.8. The molecule has 0 spiro atoms. The maximum atomic E-state index is 11.5. The van der Waals surface area contributed by atoms with Crippen molar-refractivity contribution < 1.29 is 19.0 Å². The van der Waals surface area contributed by atoms with Gasteiger partial charge in [-0.2, -0.15) is 0 Å². The van der Waals surface area contributed by atoms with Crippen molar-refractivity contribution in [1.82, 2.24) is 0 Å². The van der Waals surface area contributed by atoms with E-state index >= 15 is 0 Å². The summed E-state index contributed by atoms with van der Waals surface area (Å²) in [6.45, 7) is 2.57. The number of para-hydroxylation sites is 1. The normalized spacial score (nSPS) is 10.1. The summed E-state index contributed by atoms with van der Waals surface area (Å²) < 4.78 is 16.4. The lowest BCUT2D eigenvalue weighted by molar-refractivity contribution is 0.101. The molecule has 0 aliphatic carbocycles. The molecule has 0 amide bonds. The number of ether oxygens (including phenoxy) is 3. The van der Waals surface area contributed by atoms with E-state index in [1.54, 1.807) is 19.2 Å². The summed E-state index contributed by atoms with van der Waals surface area (Å²) in [5.41, 5.74) is 0.608. The fraction of sp³-hybridized carbons (Fsp3) is 0.278. The number of Topliss-reactive ketones (excluding diaryl/α,β-unsaturated/α-hetero) is 1. The van der Waals surface area contributed by atoms with E-state index in [2.05, 4.69) is 0 Å². The Morgan fingerprint density at radius 2 is 1.68 bits per heavy atom. The molecule has 0 aliphatic heterocycles. The minimum absolute atomic E-state index is 0.00299. The largest absolute Gasteiger partial charge is 0.497 e.